The number of ether oxygens (including phenoxy) is 1. The number of carbonyl (C=O) groups is 2. The standard InChI is InChI=1S/C12H16N4O4/c1-15(2)11(17)8-3-4-10(14-13-8)16-5-6-20-9(7-16)12(18)19/h3-4,9H,5-7H2,1-2H3,(H,18,19). The number of carboxylic acids is 1. The zero-order chi connectivity index (χ0) is 14.7. The lowest BCUT2D eigenvalue weighted by atomic mass is 10.2. The van der Waals surface area contributed by atoms with Gasteiger partial charge in [0.1, 0.15) is 0 Å². The van der Waals surface area contributed by atoms with E-state index in [4.69, 9.17) is 9.84 Å². The van der Waals surface area contributed by atoms with E-state index in [1.165, 1.54) is 4.90 Å². The van der Waals surface area contributed by atoms with Gasteiger partial charge in [0, 0.05) is 20.6 Å². The van der Waals surface area contributed by atoms with Crippen LogP contribution in [-0.2, 0) is 9.53 Å². The predicted molar refractivity (Wildman–Crippen MR) is 69.6 cm³/mol. The van der Waals surface area contributed by atoms with Gasteiger partial charge < -0.3 is 19.6 Å². The minimum absolute atomic E-state index is 0.213. The smallest absolute Gasteiger partial charge is 0.334 e. The predicted octanol–water partition coefficient (Wildman–Crippen LogP) is -0.532. The largest absolute Gasteiger partial charge is 0.479 e. The third-order valence-electron chi connectivity index (χ3n) is 2.94. The molecule has 1 N–H and O–H groups in total. The molecule has 1 unspecified atom stereocenters. The van der Waals surface area contributed by atoms with Crippen molar-refractivity contribution < 1.29 is 19.4 Å². The Morgan fingerprint density at radius 3 is 2.70 bits per heavy atom. The first-order valence-corrected chi connectivity index (χ1v) is 6.14. The van der Waals surface area contributed by atoms with Crippen molar-refractivity contribution in [3.8, 4) is 0 Å². The van der Waals surface area contributed by atoms with E-state index in [1.807, 2.05) is 0 Å². The molecule has 0 radical (unpaired) electrons. The van der Waals surface area contributed by atoms with Crippen LogP contribution in [0, 0.1) is 0 Å². The molecule has 1 aliphatic rings. The Bertz CT molecular complexity index is 503. The quantitative estimate of drug-likeness (QED) is 0.795. The van der Waals surface area contributed by atoms with E-state index in [0.29, 0.717) is 19.0 Å². The van der Waals surface area contributed by atoms with Gasteiger partial charge in [-0.05, 0) is 12.1 Å². The second kappa shape index (κ2) is 5.83. The summed E-state index contributed by atoms with van der Waals surface area (Å²) in [5, 5.41) is 16.8. The molecule has 1 aromatic rings. The fraction of sp³-hybridized carbons (Fsp3) is 0.500. The Kier molecular flexibility index (Phi) is 4.14. The maximum Gasteiger partial charge on any atom is 0.334 e. The summed E-state index contributed by atoms with van der Waals surface area (Å²) >= 11 is 0. The van der Waals surface area contributed by atoms with Crippen LogP contribution in [0.1, 0.15) is 10.5 Å². The fourth-order valence-corrected chi connectivity index (χ4v) is 1.84. The van der Waals surface area contributed by atoms with Crippen molar-refractivity contribution in [2.45, 2.75) is 6.10 Å². The second-order valence-corrected chi connectivity index (χ2v) is 4.62. The van der Waals surface area contributed by atoms with E-state index >= 15 is 0 Å². The van der Waals surface area contributed by atoms with E-state index in [-0.39, 0.29) is 18.1 Å². The summed E-state index contributed by atoms with van der Waals surface area (Å²) in [5.74, 6) is -0.689. The Morgan fingerprint density at radius 2 is 2.15 bits per heavy atom. The molecule has 0 aliphatic carbocycles. The molecule has 1 fully saturated rings. The SMILES string of the molecule is CN(C)C(=O)c1ccc(N2CCOC(C(=O)O)C2)nn1. The molecule has 108 valence electrons. The molecule has 20 heavy (non-hydrogen) atoms. The Balaban J connectivity index is 2.10. The molecule has 0 saturated carbocycles. The second-order valence-electron chi connectivity index (χ2n) is 4.62. The van der Waals surface area contributed by atoms with Crippen molar-refractivity contribution in [1.82, 2.24) is 15.1 Å². The molecule has 0 aromatic carbocycles. The first-order valence-electron chi connectivity index (χ1n) is 6.14. The van der Waals surface area contributed by atoms with Crippen LogP contribution < -0.4 is 4.90 Å². The Hall–Kier alpha value is -2.22. The van der Waals surface area contributed by atoms with Gasteiger partial charge in [-0.15, -0.1) is 10.2 Å². The van der Waals surface area contributed by atoms with Gasteiger partial charge >= 0.3 is 5.97 Å². The molecular weight excluding hydrogens is 264 g/mol. The summed E-state index contributed by atoms with van der Waals surface area (Å²) in [4.78, 5) is 25.8. The molecule has 8 nitrogen and oxygen atoms in total. The van der Waals surface area contributed by atoms with Crippen molar-refractivity contribution in [3.63, 3.8) is 0 Å². The summed E-state index contributed by atoms with van der Waals surface area (Å²) in [5.41, 5.74) is 0.252. The first-order chi connectivity index (χ1) is 9.49. The fourth-order valence-electron chi connectivity index (χ4n) is 1.84. The Morgan fingerprint density at radius 1 is 1.40 bits per heavy atom. The number of carbonyl (C=O) groups excluding carboxylic acids is 1. The molecule has 1 aromatic heterocycles. The monoisotopic (exact) mass is 280 g/mol. The number of nitrogens with zero attached hydrogens (tertiary/aromatic N) is 4. The molecule has 0 spiro atoms. The van der Waals surface area contributed by atoms with Crippen LogP contribution in [0.4, 0.5) is 5.82 Å². The van der Waals surface area contributed by atoms with Gasteiger partial charge in [0.15, 0.2) is 17.6 Å². The number of aliphatic carboxylic acids is 1. The number of carboxylic acid groups (broad SMARTS) is 1. The maximum atomic E-state index is 11.7. The highest BCUT2D eigenvalue weighted by Crippen LogP contribution is 2.15. The molecule has 2 rings (SSSR count). The molecule has 1 aliphatic heterocycles. The van der Waals surface area contributed by atoms with Gasteiger partial charge in [0.2, 0.25) is 0 Å². The maximum absolute atomic E-state index is 11.7. The highest BCUT2D eigenvalue weighted by atomic mass is 16.5. The lowest BCUT2D eigenvalue weighted by molar-refractivity contribution is -0.150. The molecular formula is C12H16N4O4. The molecule has 1 saturated heterocycles. The zero-order valence-corrected chi connectivity index (χ0v) is 11.3. The highest BCUT2D eigenvalue weighted by Gasteiger charge is 2.27. The van der Waals surface area contributed by atoms with Gasteiger partial charge in [-0.2, -0.15) is 0 Å². The number of amides is 1. The third kappa shape index (κ3) is 3.02. The number of anilines is 1. The minimum Gasteiger partial charge on any atom is -0.479 e. The van der Waals surface area contributed by atoms with Crippen LogP contribution >= 0.6 is 0 Å². The van der Waals surface area contributed by atoms with E-state index in [1.54, 1.807) is 31.1 Å². The van der Waals surface area contributed by atoms with Crippen LogP contribution in [0.5, 0.6) is 0 Å². The lowest BCUT2D eigenvalue weighted by Gasteiger charge is -2.31. The molecule has 1 atom stereocenters. The van der Waals surface area contributed by atoms with E-state index in [9.17, 15) is 9.59 Å². The lowest BCUT2D eigenvalue weighted by Crippen LogP contribution is -2.46. The van der Waals surface area contributed by atoms with Crippen LogP contribution in [0.15, 0.2) is 12.1 Å². The minimum atomic E-state index is -0.998. The van der Waals surface area contributed by atoms with Crippen LogP contribution in [-0.4, -0.2) is 72.0 Å². The number of morpholine rings is 1. The average molecular weight is 280 g/mol. The van der Waals surface area contributed by atoms with Gasteiger partial charge in [-0.1, -0.05) is 0 Å². The number of hydrogen-bond donors (Lipinski definition) is 1. The summed E-state index contributed by atoms with van der Waals surface area (Å²) in [7, 11) is 3.27. The van der Waals surface area contributed by atoms with Crippen LogP contribution in [0.2, 0.25) is 0 Å². The first kappa shape index (κ1) is 14.2. The van der Waals surface area contributed by atoms with Crippen molar-refractivity contribution in [2.24, 2.45) is 0 Å². The van der Waals surface area contributed by atoms with Crippen molar-refractivity contribution >= 4 is 17.7 Å². The van der Waals surface area contributed by atoms with Gasteiger partial charge in [0.05, 0.1) is 13.2 Å². The van der Waals surface area contributed by atoms with Gasteiger partial charge in [0.25, 0.3) is 5.91 Å². The normalized spacial score (nSPS) is 18.7. The summed E-state index contributed by atoms with van der Waals surface area (Å²) < 4.78 is 5.13. The van der Waals surface area contributed by atoms with Crippen molar-refractivity contribution in [2.75, 3.05) is 38.7 Å². The van der Waals surface area contributed by atoms with Crippen molar-refractivity contribution in [3.05, 3.63) is 17.8 Å². The van der Waals surface area contributed by atoms with Crippen LogP contribution in [0.3, 0.4) is 0 Å². The third-order valence-corrected chi connectivity index (χ3v) is 2.94. The number of hydrogen-bond acceptors (Lipinski definition) is 6. The molecule has 0 bridgehead atoms. The van der Waals surface area contributed by atoms with Crippen LogP contribution in [0.25, 0.3) is 0 Å². The number of aromatic nitrogens is 2. The highest BCUT2D eigenvalue weighted by molar-refractivity contribution is 5.91. The average Bonchev–Trinajstić information content (AvgIpc) is 2.46. The van der Waals surface area contributed by atoms with E-state index < -0.39 is 12.1 Å². The molecule has 8 heteroatoms. The van der Waals surface area contributed by atoms with Gasteiger partial charge in [-0.3, -0.25) is 4.79 Å². The Labute approximate surface area is 116 Å². The van der Waals surface area contributed by atoms with E-state index in [0.717, 1.165) is 0 Å². The summed E-state index contributed by atoms with van der Waals surface area (Å²) in [6.45, 7) is 1.07. The van der Waals surface area contributed by atoms with E-state index in [2.05, 4.69) is 10.2 Å². The zero-order valence-electron chi connectivity index (χ0n) is 11.3. The van der Waals surface area contributed by atoms with Gasteiger partial charge in [-0.25, -0.2) is 4.79 Å². The molecule has 1 amide bonds. The summed E-state index contributed by atoms with van der Waals surface area (Å²) in [6, 6.07) is 3.24. The summed E-state index contributed by atoms with van der Waals surface area (Å²) in [6.07, 6.45) is -0.867. The van der Waals surface area contributed by atoms with Crippen molar-refractivity contribution in [1.29, 1.82) is 0 Å². The number of rotatable bonds is 3. The molecule has 2 heterocycles. The topological polar surface area (TPSA) is 95.9 Å².